The lowest BCUT2D eigenvalue weighted by Crippen LogP contribution is -2.50. The molecule has 0 saturated carbocycles. The number of ether oxygens (including phenoxy) is 2. The molecule has 9 heteroatoms. The van der Waals surface area contributed by atoms with Gasteiger partial charge in [0, 0.05) is 39.0 Å². The predicted octanol–water partition coefficient (Wildman–Crippen LogP) is 2.69. The van der Waals surface area contributed by atoms with E-state index in [-0.39, 0.29) is 5.91 Å². The molecule has 0 aliphatic carbocycles. The summed E-state index contributed by atoms with van der Waals surface area (Å²) in [5.74, 6) is 1.06. The second-order valence-corrected chi connectivity index (χ2v) is 9.04. The first-order valence-electron chi connectivity index (χ1n) is 11.7. The summed E-state index contributed by atoms with van der Waals surface area (Å²) in [5.41, 5.74) is 4.96. The number of carbonyl (C=O) groups is 1. The van der Waals surface area contributed by atoms with Gasteiger partial charge in [0.15, 0.2) is 16.6 Å². The molecular weight excluding hydrogens is 464 g/mol. The molecule has 2 aliphatic heterocycles. The van der Waals surface area contributed by atoms with E-state index in [0.717, 1.165) is 49.6 Å². The molecule has 0 atom stereocenters. The van der Waals surface area contributed by atoms with Crippen molar-refractivity contribution in [1.29, 1.82) is 0 Å². The fourth-order valence-electron chi connectivity index (χ4n) is 4.26. The number of methoxy groups -OCH3 is 2. The molecule has 0 radical (unpaired) electrons. The van der Waals surface area contributed by atoms with Gasteiger partial charge in [-0.2, -0.15) is 0 Å². The summed E-state index contributed by atoms with van der Waals surface area (Å²) >= 11 is 5.59. The Morgan fingerprint density at radius 1 is 1.06 bits per heavy atom. The number of nitrogens with zero attached hydrogens (tertiary/aromatic N) is 1. The summed E-state index contributed by atoms with van der Waals surface area (Å²) in [4.78, 5) is 20.7. The molecule has 3 N–H and O–H groups in total. The van der Waals surface area contributed by atoms with Crippen molar-refractivity contribution >= 4 is 23.2 Å². The van der Waals surface area contributed by atoms with E-state index in [1.807, 2.05) is 42.5 Å². The van der Waals surface area contributed by atoms with Crippen molar-refractivity contribution in [3.05, 3.63) is 71.4 Å². The summed E-state index contributed by atoms with van der Waals surface area (Å²) in [6.45, 7) is 2.68. The highest BCUT2D eigenvalue weighted by atomic mass is 32.1. The normalized spacial score (nSPS) is 16.3. The van der Waals surface area contributed by atoms with Gasteiger partial charge >= 0.3 is 0 Å². The minimum absolute atomic E-state index is 0.211. The van der Waals surface area contributed by atoms with Gasteiger partial charge in [-0.05, 0) is 48.0 Å². The van der Waals surface area contributed by atoms with E-state index >= 15 is 0 Å². The maximum absolute atomic E-state index is 12.7. The summed E-state index contributed by atoms with van der Waals surface area (Å²) in [5, 5.41) is 7.05. The van der Waals surface area contributed by atoms with Crippen molar-refractivity contribution in [3.8, 4) is 11.5 Å². The molecule has 1 spiro atoms. The first-order chi connectivity index (χ1) is 17.0. The van der Waals surface area contributed by atoms with Crippen LogP contribution in [-0.4, -0.2) is 55.4 Å². The molecule has 2 aromatic carbocycles. The Kier molecular flexibility index (Phi) is 8.09. The van der Waals surface area contributed by atoms with Crippen LogP contribution in [0.2, 0.25) is 0 Å². The quantitative estimate of drug-likeness (QED) is 0.481. The first kappa shape index (κ1) is 24.8. The molecule has 1 saturated heterocycles. The number of carbonyl (C=O) groups excluding carboxylic acids is 1. The molecule has 186 valence electrons. The number of rotatable bonds is 8. The standard InChI is InChI=1S/C26H32N4O4S/c1-32-22-9-8-20(16-23(22)33-2)18-28-24(31)21-17-26(34-29-21)11-14-30(15-12-26)25(35)27-13-10-19-6-4-3-5-7-19/h3-9,16-17,29H,10-15,18H2,1-2H3,(H,27,35)(H,28,31). The topological polar surface area (TPSA) is 84.1 Å². The number of likely N-dealkylation sites (tertiary alicyclic amines) is 1. The molecule has 2 heterocycles. The minimum atomic E-state index is -0.494. The Bertz CT molecular complexity index is 1070. The van der Waals surface area contributed by atoms with Crippen molar-refractivity contribution in [2.45, 2.75) is 31.4 Å². The van der Waals surface area contributed by atoms with Crippen molar-refractivity contribution in [2.24, 2.45) is 0 Å². The van der Waals surface area contributed by atoms with Gasteiger partial charge in [-0.25, -0.2) is 0 Å². The van der Waals surface area contributed by atoms with E-state index in [0.29, 0.717) is 23.7 Å². The van der Waals surface area contributed by atoms with Gasteiger partial charge in [0.1, 0.15) is 11.3 Å². The fraction of sp³-hybridized carbons (Fsp3) is 0.385. The number of amides is 1. The number of hydrogen-bond acceptors (Lipinski definition) is 6. The van der Waals surface area contributed by atoms with E-state index in [1.165, 1.54) is 5.56 Å². The molecule has 0 aromatic heterocycles. The first-order valence-corrected chi connectivity index (χ1v) is 12.2. The van der Waals surface area contributed by atoms with E-state index < -0.39 is 5.60 Å². The number of benzene rings is 2. The molecule has 8 nitrogen and oxygen atoms in total. The van der Waals surface area contributed by atoms with E-state index in [2.05, 4.69) is 33.1 Å². The Balaban J connectivity index is 1.24. The van der Waals surface area contributed by atoms with Gasteiger partial charge in [-0.3, -0.25) is 15.1 Å². The molecule has 1 fully saturated rings. The van der Waals surface area contributed by atoms with Crippen LogP contribution in [0.25, 0.3) is 0 Å². The zero-order chi connectivity index (χ0) is 24.7. The van der Waals surface area contributed by atoms with Crippen molar-refractivity contribution < 1.29 is 19.1 Å². The predicted molar refractivity (Wildman–Crippen MR) is 138 cm³/mol. The lowest BCUT2D eigenvalue weighted by molar-refractivity contribution is -0.120. The van der Waals surface area contributed by atoms with Crippen molar-refractivity contribution in [2.75, 3.05) is 33.9 Å². The van der Waals surface area contributed by atoms with Crippen LogP contribution in [0.4, 0.5) is 0 Å². The van der Waals surface area contributed by atoms with Crippen LogP contribution < -0.4 is 25.6 Å². The van der Waals surface area contributed by atoms with Crippen LogP contribution in [0.1, 0.15) is 24.0 Å². The number of nitrogens with one attached hydrogen (secondary N) is 3. The zero-order valence-corrected chi connectivity index (χ0v) is 21.0. The Morgan fingerprint density at radius 3 is 2.51 bits per heavy atom. The monoisotopic (exact) mass is 496 g/mol. The average molecular weight is 497 g/mol. The van der Waals surface area contributed by atoms with Gasteiger partial charge in [0.05, 0.1) is 14.2 Å². The highest BCUT2D eigenvalue weighted by Crippen LogP contribution is 2.32. The smallest absolute Gasteiger partial charge is 0.269 e. The lowest BCUT2D eigenvalue weighted by atomic mass is 9.91. The molecule has 4 rings (SSSR count). The highest BCUT2D eigenvalue weighted by Gasteiger charge is 2.40. The summed E-state index contributed by atoms with van der Waals surface area (Å²) < 4.78 is 10.6. The maximum atomic E-state index is 12.7. The molecule has 0 unspecified atom stereocenters. The molecule has 2 aliphatic rings. The van der Waals surface area contributed by atoms with E-state index in [1.54, 1.807) is 14.2 Å². The van der Waals surface area contributed by atoms with Crippen LogP contribution in [0.15, 0.2) is 60.3 Å². The fourth-order valence-corrected chi connectivity index (χ4v) is 4.55. The molecular formula is C26H32N4O4S. The Labute approximate surface area is 211 Å². The van der Waals surface area contributed by atoms with Gasteiger partial charge in [0.25, 0.3) is 5.91 Å². The van der Waals surface area contributed by atoms with Gasteiger partial charge in [-0.15, -0.1) is 0 Å². The lowest BCUT2D eigenvalue weighted by Gasteiger charge is -2.37. The van der Waals surface area contributed by atoms with Crippen LogP contribution >= 0.6 is 12.2 Å². The molecule has 35 heavy (non-hydrogen) atoms. The van der Waals surface area contributed by atoms with E-state index in [4.69, 9.17) is 26.5 Å². The molecule has 1 amide bonds. The van der Waals surface area contributed by atoms with Gasteiger partial charge in [-0.1, -0.05) is 36.4 Å². The van der Waals surface area contributed by atoms with E-state index in [9.17, 15) is 4.79 Å². The third kappa shape index (κ3) is 6.23. The van der Waals surface area contributed by atoms with Crippen LogP contribution in [0.3, 0.4) is 0 Å². The average Bonchev–Trinajstić information content (AvgIpc) is 3.31. The maximum Gasteiger partial charge on any atom is 0.269 e. The number of thiocarbonyl (C=S) groups is 1. The number of hydrogen-bond donors (Lipinski definition) is 3. The van der Waals surface area contributed by atoms with Crippen LogP contribution in [-0.2, 0) is 22.6 Å². The molecule has 2 aromatic rings. The van der Waals surface area contributed by atoms with Gasteiger partial charge in [0.2, 0.25) is 0 Å². The molecule has 0 bridgehead atoms. The Morgan fingerprint density at radius 2 is 1.80 bits per heavy atom. The van der Waals surface area contributed by atoms with Gasteiger partial charge < -0.3 is 25.0 Å². The summed E-state index contributed by atoms with van der Waals surface area (Å²) in [6, 6.07) is 15.9. The van der Waals surface area contributed by atoms with Crippen LogP contribution in [0.5, 0.6) is 11.5 Å². The minimum Gasteiger partial charge on any atom is -0.493 e. The zero-order valence-electron chi connectivity index (χ0n) is 20.1. The van der Waals surface area contributed by atoms with Crippen LogP contribution in [0, 0.1) is 0 Å². The third-order valence-corrected chi connectivity index (χ3v) is 6.75. The summed E-state index contributed by atoms with van der Waals surface area (Å²) in [6.07, 6.45) is 4.32. The number of piperidine rings is 1. The SMILES string of the molecule is COc1ccc(CNC(=O)C2=CC3(CCN(C(=S)NCCc4ccccc4)CC3)ON2)cc1OC. The summed E-state index contributed by atoms with van der Waals surface area (Å²) in [7, 11) is 3.18. The van der Waals surface area contributed by atoms with Crippen molar-refractivity contribution in [1.82, 2.24) is 21.0 Å². The third-order valence-electron chi connectivity index (χ3n) is 6.35. The second-order valence-electron chi connectivity index (χ2n) is 8.65. The van der Waals surface area contributed by atoms with Crippen molar-refractivity contribution in [3.63, 3.8) is 0 Å². The number of hydroxylamine groups is 1. The Hall–Kier alpha value is -3.30. The highest BCUT2D eigenvalue weighted by molar-refractivity contribution is 7.80. The largest absolute Gasteiger partial charge is 0.493 e. The second kappa shape index (κ2) is 11.4.